The second-order valence-electron chi connectivity index (χ2n) is 3.65. The molecule has 2 aromatic rings. The van der Waals surface area contributed by atoms with Crippen molar-refractivity contribution in [1.29, 1.82) is 0 Å². The summed E-state index contributed by atoms with van der Waals surface area (Å²) < 4.78 is 6.97. The molecular formula is C12H14ClN3O. The van der Waals surface area contributed by atoms with Crippen LogP contribution in [-0.2, 0) is 13.6 Å². The molecule has 0 aliphatic carbocycles. The third kappa shape index (κ3) is 2.71. The Labute approximate surface area is 105 Å². The Balaban J connectivity index is 2.11. The van der Waals surface area contributed by atoms with E-state index in [0.717, 1.165) is 17.1 Å². The zero-order valence-corrected chi connectivity index (χ0v) is 10.5. The second kappa shape index (κ2) is 5.10. The van der Waals surface area contributed by atoms with Crippen LogP contribution in [0.2, 0.25) is 5.02 Å². The van der Waals surface area contributed by atoms with Crippen molar-refractivity contribution in [3.05, 3.63) is 41.2 Å². The minimum absolute atomic E-state index is 0.670. The van der Waals surface area contributed by atoms with Gasteiger partial charge in [-0.15, -0.1) is 0 Å². The van der Waals surface area contributed by atoms with Crippen LogP contribution in [0.25, 0.3) is 0 Å². The summed E-state index contributed by atoms with van der Waals surface area (Å²) in [5.41, 5.74) is 1.94. The average molecular weight is 252 g/mol. The SMILES string of the molecule is COc1ccc(Cl)c(NCc2ccnn2C)c1. The van der Waals surface area contributed by atoms with Crippen LogP contribution in [0.1, 0.15) is 5.69 Å². The second-order valence-corrected chi connectivity index (χ2v) is 4.05. The lowest BCUT2D eigenvalue weighted by Crippen LogP contribution is -2.05. The maximum atomic E-state index is 6.09. The highest BCUT2D eigenvalue weighted by Crippen LogP contribution is 2.26. The lowest BCUT2D eigenvalue weighted by atomic mass is 10.3. The summed E-state index contributed by atoms with van der Waals surface area (Å²) in [6.07, 6.45) is 1.77. The number of hydrogen-bond acceptors (Lipinski definition) is 3. The third-order valence-electron chi connectivity index (χ3n) is 2.56. The van der Waals surface area contributed by atoms with Crippen LogP contribution in [-0.4, -0.2) is 16.9 Å². The first kappa shape index (κ1) is 11.8. The fourth-order valence-electron chi connectivity index (χ4n) is 1.53. The van der Waals surface area contributed by atoms with E-state index in [2.05, 4.69) is 10.4 Å². The third-order valence-corrected chi connectivity index (χ3v) is 2.89. The largest absolute Gasteiger partial charge is 0.497 e. The molecule has 0 amide bonds. The van der Waals surface area contributed by atoms with Gasteiger partial charge in [0.1, 0.15) is 5.75 Å². The summed E-state index contributed by atoms with van der Waals surface area (Å²) in [6.45, 7) is 0.670. The normalized spacial score (nSPS) is 10.3. The zero-order valence-electron chi connectivity index (χ0n) is 9.77. The molecule has 0 saturated carbocycles. The summed E-state index contributed by atoms with van der Waals surface area (Å²) in [5.74, 6) is 0.780. The number of aryl methyl sites for hydroxylation is 1. The number of anilines is 1. The standard InChI is InChI=1S/C12H14ClN3O/c1-16-9(5-6-15-16)8-14-12-7-10(17-2)3-4-11(12)13/h3-7,14H,8H2,1-2H3. The number of nitrogens with zero attached hydrogens (tertiary/aromatic N) is 2. The minimum Gasteiger partial charge on any atom is -0.497 e. The van der Waals surface area contributed by atoms with E-state index in [-0.39, 0.29) is 0 Å². The first-order valence-electron chi connectivity index (χ1n) is 5.25. The van der Waals surface area contributed by atoms with E-state index in [1.165, 1.54) is 0 Å². The predicted octanol–water partition coefficient (Wildman–Crippen LogP) is 2.69. The molecule has 0 radical (unpaired) electrons. The molecule has 1 N–H and O–H groups in total. The van der Waals surface area contributed by atoms with Gasteiger partial charge in [-0.05, 0) is 18.2 Å². The Bertz CT molecular complexity index is 510. The molecule has 4 nitrogen and oxygen atoms in total. The van der Waals surface area contributed by atoms with Gasteiger partial charge in [-0.1, -0.05) is 11.6 Å². The van der Waals surface area contributed by atoms with E-state index < -0.39 is 0 Å². The van der Waals surface area contributed by atoms with Crippen molar-refractivity contribution in [1.82, 2.24) is 9.78 Å². The molecule has 0 fully saturated rings. The fourth-order valence-corrected chi connectivity index (χ4v) is 1.71. The lowest BCUT2D eigenvalue weighted by Gasteiger charge is -2.10. The molecule has 0 unspecified atom stereocenters. The smallest absolute Gasteiger partial charge is 0.121 e. The number of nitrogens with one attached hydrogen (secondary N) is 1. The molecule has 0 bridgehead atoms. The molecule has 0 spiro atoms. The highest BCUT2D eigenvalue weighted by Gasteiger charge is 2.03. The van der Waals surface area contributed by atoms with Gasteiger partial charge in [0.2, 0.25) is 0 Å². The van der Waals surface area contributed by atoms with Crippen molar-refractivity contribution in [3.63, 3.8) is 0 Å². The molecule has 90 valence electrons. The van der Waals surface area contributed by atoms with Crippen LogP contribution >= 0.6 is 11.6 Å². The van der Waals surface area contributed by atoms with E-state index in [1.807, 2.05) is 36.0 Å². The molecule has 1 heterocycles. The molecular weight excluding hydrogens is 238 g/mol. The zero-order chi connectivity index (χ0) is 12.3. The van der Waals surface area contributed by atoms with Gasteiger partial charge in [-0.2, -0.15) is 5.10 Å². The number of benzene rings is 1. The molecule has 0 aliphatic heterocycles. The van der Waals surface area contributed by atoms with Gasteiger partial charge in [-0.3, -0.25) is 4.68 Å². The Morgan fingerprint density at radius 2 is 2.24 bits per heavy atom. The van der Waals surface area contributed by atoms with Crippen LogP contribution in [0.5, 0.6) is 5.75 Å². The Morgan fingerprint density at radius 3 is 2.88 bits per heavy atom. The quantitative estimate of drug-likeness (QED) is 0.908. The van der Waals surface area contributed by atoms with Crippen LogP contribution < -0.4 is 10.1 Å². The van der Waals surface area contributed by atoms with Crippen LogP contribution in [0.4, 0.5) is 5.69 Å². The van der Waals surface area contributed by atoms with Crippen molar-refractivity contribution in [3.8, 4) is 5.75 Å². The maximum absolute atomic E-state index is 6.09. The molecule has 1 aromatic heterocycles. The van der Waals surface area contributed by atoms with Crippen molar-refractivity contribution in [2.45, 2.75) is 6.54 Å². The van der Waals surface area contributed by atoms with E-state index in [1.54, 1.807) is 13.3 Å². The van der Waals surface area contributed by atoms with Crippen molar-refractivity contribution < 1.29 is 4.74 Å². The Morgan fingerprint density at radius 1 is 1.41 bits per heavy atom. The first-order valence-corrected chi connectivity index (χ1v) is 5.63. The number of rotatable bonds is 4. The summed E-state index contributed by atoms with van der Waals surface area (Å²) in [4.78, 5) is 0. The number of aromatic nitrogens is 2. The summed E-state index contributed by atoms with van der Waals surface area (Å²) in [6, 6.07) is 7.48. The Kier molecular flexibility index (Phi) is 3.54. The van der Waals surface area contributed by atoms with Crippen molar-refractivity contribution in [2.24, 2.45) is 7.05 Å². The summed E-state index contributed by atoms with van der Waals surface area (Å²) in [5, 5.41) is 8.04. The number of ether oxygens (including phenoxy) is 1. The molecule has 17 heavy (non-hydrogen) atoms. The summed E-state index contributed by atoms with van der Waals surface area (Å²) >= 11 is 6.09. The van der Waals surface area contributed by atoms with Crippen LogP contribution in [0, 0.1) is 0 Å². The van der Waals surface area contributed by atoms with Crippen molar-refractivity contribution in [2.75, 3.05) is 12.4 Å². The highest BCUT2D eigenvalue weighted by molar-refractivity contribution is 6.33. The first-order chi connectivity index (χ1) is 8.20. The molecule has 5 heteroatoms. The van der Waals surface area contributed by atoms with Gasteiger partial charge < -0.3 is 10.1 Å². The molecule has 0 saturated heterocycles. The summed E-state index contributed by atoms with van der Waals surface area (Å²) in [7, 11) is 3.54. The highest BCUT2D eigenvalue weighted by atomic mass is 35.5. The van der Waals surface area contributed by atoms with E-state index in [0.29, 0.717) is 11.6 Å². The predicted molar refractivity (Wildman–Crippen MR) is 68.5 cm³/mol. The fraction of sp³-hybridized carbons (Fsp3) is 0.250. The van der Waals surface area contributed by atoms with E-state index in [9.17, 15) is 0 Å². The molecule has 1 aromatic carbocycles. The van der Waals surface area contributed by atoms with Crippen molar-refractivity contribution >= 4 is 17.3 Å². The molecule has 0 aliphatic rings. The number of hydrogen-bond donors (Lipinski definition) is 1. The van der Waals surface area contributed by atoms with Crippen LogP contribution in [0.15, 0.2) is 30.5 Å². The van der Waals surface area contributed by atoms with Gasteiger partial charge in [0.15, 0.2) is 0 Å². The lowest BCUT2D eigenvalue weighted by molar-refractivity contribution is 0.415. The average Bonchev–Trinajstić information content (AvgIpc) is 2.74. The number of halogens is 1. The molecule has 0 atom stereocenters. The minimum atomic E-state index is 0.670. The van der Waals surface area contributed by atoms with E-state index in [4.69, 9.17) is 16.3 Å². The van der Waals surface area contributed by atoms with Gasteiger partial charge in [0.05, 0.1) is 30.1 Å². The maximum Gasteiger partial charge on any atom is 0.121 e. The van der Waals surface area contributed by atoms with Gasteiger partial charge in [-0.25, -0.2) is 0 Å². The van der Waals surface area contributed by atoms with E-state index >= 15 is 0 Å². The molecule has 2 rings (SSSR count). The van der Waals surface area contributed by atoms with Gasteiger partial charge in [0.25, 0.3) is 0 Å². The Hall–Kier alpha value is -1.68. The number of methoxy groups -OCH3 is 1. The van der Waals surface area contributed by atoms with Gasteiger partial charge >= 0.3 is 0 Å². The monoisotopic (exact) mass is 251 g/mol. The van der Waals surface area contributed by atoms with Gasteiger partial charge in [0, 0.05) is 19.3 Å². The topological polar surface area (TPSA) is 39.1 Å². The van der Waals surface area contributed by atoms with Crippen LogP contribution in [0.3, 0.4) is 0 Å².